The Hall–Kier alpha value is -4.25. The van der Waals surface area contributed by atoms with Crippen molar-refractivity contribution in [1.29, 1.82) is 0 Å². The van der Waals surface area contributed by atoms with E-state index in [4.69, 9.17) is 0 Å². The number of imidazole rings is 1. The van der Waals surface area contributed by atoms with Crippen molar-refractivity contribution in [3.63, 3.8) is 0 Å². The zero-order valence-corrected chi connectivity index (χ0v) is 19.4. The van der Waals surface area contributed by atoms with Crippen LogP contribution in [0.4, 0.5) is 4.39 Å². The van der Waals surface area contributed by atoms with Crippen molar-refractivity contribution in [2.75, 3.05) is 0 Å². The third kappa shape index (κ3) is 4.71. The number of rotatable bonds is 7. The Morgan fingerprint density at radius 2 is 1.49 bits per heavy atom. The van der Waals surface area contributed by atoms with E-state index < -0.39 is 5.92 Å². The largest absolute Gasteiger partial charge is 0.345 e. The maximum atomic E-state index is 15.0. The number of hydrogen-bond donors (Lipinski definition) is 1. The molecule has 0 aliphatic carbocycles. The topological polar surface area (TPSA) is 46.4 Å². The third-order valence-corrected chi connectivity index (χ3v) is 6.35. The highest BCUT2D eigenvalue weighted by atomic mass is 19.1. The van der Waals surface area contributed by atoms with Gasteiger partial charge in [0, 0.05) is 24.2 Å². The highest BCUT2D eigenvalue weighted by Crippen LogP contribution is 2.32. The molecule has 5 heteroatoms. The van der Waals surface area contributed by atoms with Gasteiger partial charge in [0.15, 0.2) is 0 Å². The summed E-state index contributed by atoms with van der Waals surface area (Å²) in [4.78, 5) is 18.1. The molecule has 3 aromatic carbocycles. The summed E-state index contributed by atoms with van der Waals surface area (Å²) in [6.45, 7) is 1.98. The molecule has 0 radical (unpaired) electrons. The zero-order valence-electron chi connectivity index (χ0n) is 19.4. The van der Waals surface area contributed by atoms with Gasteiger partial charge in [-0.2, -0.15) is 0 Å². The Morgan fingerprint density at radius 1 is 0.857 bits per heavy atom. The van der Waals surface area contributed by atoms with Gasteiger partial charge in [-0.15, -0.1) is 0 Å². The second-order valence-corrected chi connectivity index (χ2v) is 8.64. The van der Waals surface area contributed by atoms with E-state index in [1.165, 1.54) is 6.07 Å². The minimum atomic E-state index is -0.500. The molecule has 1 N–H and O–H groups in total. The average Bonchev–Trinajstić information content (AvgIpc) is 3.33. The van der Waals surface area contributed by atoms with Gasteiger partial charge in [0.25, 0.3) is 0 Å². The molecule has 0 bridgehead atoms. The van der Waals surface area contributed by atoms with Gasteiger partial charge in [-0.05, 0) is 41.8 Å². The fourth-order valence-corrected chi connectivity index (χ4v) is 4.66. The van der Waals surface area contributed by atoms with Gasteiger partial charge in [-0.3, -0.25) is 4.79 Å². The fraction of sp³-hybridized carbons (Fsp3) is 0.133. The second-order valence-electron chi connectivity index (χ2n) is 8.64. The number of carbonyl (C=O) groups excluding carboxylic acids is 1. The van der Waals surface area contributed by atoms with Crippen molar-refractivity contribution >= 4 is 11.6 Å². The molecule has 2 aromatic heterocycles. The summed E-state index contributed by atoms with van der Waals surface area (Å²) in [5.41, 5.74) is 4.98. The number of carbonyl (C=O) groups is 1. The lowest BCUT2D eigenvalue weighted by Crippen LogP contribution is -2.31. The number of aromatic nitrogens is 2. The van der Waals surface area contributed by atoms with E-state index in [1.54, 1.807) is 24.4 Å². The number of benzene rings is 3. The standard InChI is InChI=1S/C30H26FN3O/c1-21-11-10-18-28-32-20-27(34(21)28)25(24-16-8-9-17-26(24)31)19-29(35)33-30(22-12-4-2-5-13-22)23-14-6-3-7-15-23/h2-18,20,25,30H,19H2,1H3,(H,33,35). The lowest BCUT2D eigenvalue weighted by molar-refractivity contribution is -0.121. The quantitative estimate of drug-likeness (QED) is 0.312. The molecule has 174 valence electrons. The van der Waals surface area contributed by atoms with E-state index in [1.807, 2.05) is 90.2 Å². The van der Waals surface area contributed by atoms with Crippen LogP contribution in [0.25, 0.3) is 5.65 Å². The summed E-state index contributed by atoms with van der Waals surface area (Å²) in [7, 11) is 0. The first-order valence-corrected chi connectivity index (χ1v) is 11.7. The van der Waals surface area contributed by atoms with Gasteiger partial charge in [0.05, 0.1) is 11.7 Å². The van der Waals surface area contributed by atoms with Gasteiger partial charge in [0.1, 0.15) is 11.5 Å². The van der Waals surface area contributed by atoms with Crippen molar-refractivity contribution in [3.8, 4) is 0 Å². The lowest BCUT2D eigenvalue weighted by atomic mass is 9.91. The van der Waals surface area contributed by atoms with Crippen molar-refractivity contribution in [2.45, 2.75) is 25.3 Å². The van der Waals surface area contributed by atoms with Crippen molar-refractivity contribution in [1.82, 2.24) is 14.7 Å². The first-order chi connectivity index (χ1) is 17.1. The molecule has 4 nitrogen and oxygen atoms in total. The first kappa shape index (κ1) is 22.5. The van der Waals surface area contributed by atoms with Gasteiger partial charge in [0.2, 0.25) is 5.91 Å². The summed E-state index contributed by atoms with van der Waals surface area (Å²) in [5, 5.41) is 3.20. The molecule has 0 aliphatic rings. The molecule has 35 heavy (non-hydrogen) atoms. The van der Waals surface area contributed by atoms with Gasteiger partial charge in [-0.25, -0.2) is 9.37 Å². The Kier molecular flexibility index (Phi) is 6.40. The minimum absolute atomic E-state index is 0.0826. The number of nitrogens with zero attached hydrogens (tertiary/aromatic N) is 2. The molecule has 1 unspecified atom stereocenters. The van der Waals surface area contributed by atoms with Crippen LogP contribution in [0, 0.1) is 12.7 Å². The normalized spacial score (nSPS) is 12.1. The summed E-state index contributed by atoms with van der Waals surface area (Å²) >= 11 is 0. The Morgan fingerprint density at radius 3 is 2.14 bits per heavy atom. The average molecular weight is 464 g/mol. The maximum absolute atomic E-state index is 15.0. The number of nitrogens with one attached hydrogen (secondary N) is 1. The molecule has 1 atom stereocenters. The number of fused-ring (bicyclic) bond motifs is 1. The molecular weight excluding hydrogens is 437 g/mol. The smallest absolute Gasteiger partial charge is 0.221 e. The van der Waals surface area contributed by atoms with Gasteiger partial charge < -0.3 is 9.72 Å². The van der Waals surface area contributed by atoms with Crippen molar-refractivity contribution in [3.05, 3.63) is 143 Å². The number of pyridine rings is 1. The number of hydrogen-bond acceptors (Lipinski definition) is 2. The minimum Gasteiger partial charge on any atom is -0.345 e. The molecule has 1 amide bonds. The molecule has 5 rings (SSSR count). The van der Waals surface area contributed by atoms with E-state index in [-0.39, 0.29) is 24.2 Å². The molecule has 0 spiro atoms. The predicted molar refractivity (Wildman–Crippen MR) is 136 cm³/mol. The Labute approximate surface area is 204 Å². The van der Waals surface area contributed by atoms with Crippen LogP contribution in [-0.4, -0.2) is 15.3 Å². The van der Waals surface area contributed by atoms with Crippen LogP contribution >= 0.6 is 0 Å². The van der Waals surface area contributed by atoms with E-state index in [0.29, 0.717) is 5.56 Å². The molecule has 2 heterocycles. The zero-order chi connectivity index (χ0) is 24.2. The highest BCUT2D eigenvalue weighted by Gasteiger charge is 2.26. The molecule has 0 aliphatic heterocycles. The monoisotopic (exact) mass is 463 g/mol. The van der Waals surface area contributed by atoms with E-state index >= 15 is 4.39 Å². The van der Waals surface area contributed by atoms with Crippen LogP contribution in [0.1, 0.15) is 46.5 Å². The van der Waals surface area contributed by atoms with E-state index in [2.05, 4.69) is 10.3 Å². The van der Waals surface area contributed by atoms with Crippen LogP contribution in [0.3, 0.4) is 0 Å². The summed E-state index contributed by atoms with van der Waals surface area (Å²) < 4.78 is 17.0. The molecular formula is C30H26FN3O. The van der Waals surface area contributed by atoms with Crippen molar-refractivity contribution in [2.24, 2.45) is 0 Å². The number of amides is 1. The molecule has 0 fully saturated rings. The van der Waals surface area contributed by atoms with Gasteiger partial charge in [-0.1, -0.05) is 84.9 Å². The van der Waals surface area contributed by atoms with Crippen LogP contribution in [0.2, 0.25) is 0 Å². The predicted octanol–water partition coefficient (Wildman–Crippen LogP) is 6.21. The van der Waals surface area contributed by atoms with E-state index in [0.717, 1.165) is 28.2 Å². The molecule has 0 saturated heterocycles. The van der Waals surface area contributed by atoms with E-state index in [9.17, 15) is 4.79 Å². The van der Waals surface area contributed by atoms with Crippen molar-refractivity contribution < 1.29 is 9.18 Å². The highest BCUT2D eigenvalue weighted by molar-refractivity contribution is 5.78. The van der Waals surface area contributed by atoms with Crippen LogP contribution in [-0.2, 0) is 4.79 Å². The second kappa shape index (κ2) is 9.94. The molecule has 5 aromatic rings. The maximum Gasteiger partial charge on any atom is 0.221 e. The Bertz CT molecular complexity index is 1410. The van der Waals surface area contributed by atoms with Crippen LogP contribution in [0.5, 0.6) is 0 Å². The van der Waals surface area contributed by atoms with Crippen LogP contribution in [0.15, 0.2) is 109 Å². The number of halogens is 1. The SMILES string of the molecule is Cc1cccc2ncc(C(CC(=O)NC(c3ccccc3)c3ccccc3)c3ccccc3F)n12. The summed E-state index contributed by atoms with van der Waals surface area (Å²) in [6, 6.07) is 31.9. The lowest BCUT2D eigenvalue weighted by Gasteiger charge is -2.23. The van der Waals surface area contributed by atoms with Gasteiger partial charge >= 0.3 is 0 Å². The Balaban J connectivity index is 1.52. The third-order valence-electron chi connectivity index (χ3n) is 6.35. The fourth-order valence-electron chi connectivity index (χ4n) is 4.66. The first-order valence-electron chi connectivity index (χ1n) is 11.7. The number of aryl methyl sites for hydroxylation is 1. The summed E-state index contributed by atoms with van der Waals surface area (Å²) in [6.07, 6.45) is 1.83. The van der Waals surface area contributed by atoms with Crippen LogP contribution < -0.4 is 5.32 Å². The molecule has 0 saturated carbocycles. The summed E-state index contributed by atoms with van der Waals surface area (Å²) in [5.74, 6) is -1.00.